The molecule has 4 heterocycles. The van der Waals surface area contributed by atoms with Crippen molar-refractivity contribution in [3.05, 3.63) is 156 Å². The number of amides is 2. The van der Waals surface area contributed by atoms with E-state index in [-0.39, 0.29) is 29.1 Å². The molecule has 258 valence electrons. The molecule has 0 bridgehead atoms. The predicted molar refractivity (Wildman–Crippen MR) is 188 cm³/mol. The molecule has 8 rings (SSSR count). The molecule has 4 aromatic carbocycles. The molecule has 0 radical (unpaired) electrons. The van der Waals surface area contributed by atoms with Crippen LogP contribution in [0.3, 0.4) is 0 Å². The van der Waals surface area contributed by atoms with Gasteiger partial charge in [-0.25, -0.2) is 0 Å². The highest BCUT2D eigenvalue weighted by Gasteiger charge is 2.33. The van der Waals surface area contributed by atoms with Crippen molar-refractivity contribution in [1.82, 2.24) is 19.6 Å². The SMILES string of the molecule is O=C(Nc1nn(Cc2ccccc2)c2ccccc12)c1coc(-c2ccc3c(c2)c(NC(=O)c2ccoc2)nn3Cc2ccccc2C(F)(F)F)c1. The Labute approximate surface area is 293 Å². The maximum atomic E-state index is 13.8. The summed E-state index contributed by atoms with van der Waals surface area (Å²) in [4.78, 5) is 26.5. The summed E-state index contributed by atoms with van der Waals surface area (Å²) in [5.74, 6) is -0.0884. The highest BCUT2D eigenvalue weighted by atomic mass is 19.4. The van der Waals surface area contributed by atoms with Gasteiger partial charge in [-0.15, -0.1) is 0 Å². The molecule has 0 aliphatic carbocycles. The zero-order valence-electron chi connectivity index (χ0n) is 27.1. The van der Waals surface area contributed by atoms with Crippen molar-refractivity contribution in [1.29, 1.82) is 0 Å². The number of nitrogens with zero attached hydrogens (tertiary/aromatic N) is 4. The molecule has 2 N–H and O–H groups in total. The number of para-hydroxylation sites is 1. The number of carbonyl (C=O) groups excluding carboxylic acids is 2. The van der Waals surface area contributed by atoms with E-state index in [1.165, 1.54) is 47.7 Å². The molecule has 0 saturated heterocycles. The molecule has 10 nitrogen and oxygen atoms in total. The number of rotatable bonds is 9. The fourth-order valence-corrected chi connectivity index (χ4v) is 6.10. The number of anilines is 2. The molecule has 2 amide bonds. The van der Waals surface area contributed by atoms with Crippen molar-refractivity contribution in [2.24, 2.45) is 0 Å². The zero-order valence-corrected chi connectivity index (χ0v) is 27.1. The van der Waals surface area contributed by atoms with Crippen LogP contribution in [-0.2, 0) is 19.3 Å². The number of hydrogen-bond acceptors (Lipinski definition) is 6. The summed E-state index contributed by atoms with van der Waals surface area (Å²) in [6.45, 7) is 0.305. The van der Waals surface area contributed by atoms with E-state index in [1.54, 1.807) is 24.3 Å². The molecule has 0 atom stereocenters. The molecule has 0 spiro atoms. The number of aromatic nitrogens is 4. The first-order chi connectivity index (χ1) is 25.2. The summed E-state index contributed by atoms with van der Waals surface area (Å²) in [5, 5.41) is 16.1. The molecule has 4 aromatic heterocycles. The van der Waals surface area contributed by atoms with Crippen LogP contribution in [0.5, 0.6) is 0 Å². The van der Waals surface area contributed by atoms with E-state index in [0.29, 0.717) is 34.6 Å². The number of carbonyl (C=O) groups is 2. The fourth-order valence-electron chi connectivity index (χ4n) is 6.10. The predicted octanol–water partition coefficient (Wildman–Crippen LogP) is 8.86. The summed E-state index contributed by atoms with van der Waals surface area (Å²) >= 11 is 0. The third-order valence-corrected chi connectivity index (χ3v) is 8.62. The van der Waals surface area contributed by atoms with Gasteiger partial charge < -0.3 is 19.5 Å². The van der Waals surface area contributed by atoms with Gasteiger partial charge in [0.1, 0.15) is 18.3 Å². The Bertz CT molecular complexity index is 2570. The van der Waals surface area contributed by atoms with Crippen LogP contribution in [0.2, 0.25) is 0 Å². The zero-order chi connectivity index (χ0) is 35.8. The monoisotopic (exact) mass is 700 g/mol. The number of hydrogen-bond donors (Lipinski definition) is 2. The fraction of sp³-hybridized carbons (Fsp3) is 0.0769. The van der Waals surface area contributed by atoms with E-state index < -0.39 is 23.6 Å². The summed E-state index contributed by atoms with van der Waals surface area (Å²) in [6.07, 6.45) is -0.618. The summed E-state index contributed by atoms with van der Waals surface area (Å²) in [6, 6.07) is 30.9. The average Bonchev–Trinajstić information content (AvgIpc) is 3.97. The van der Waals surface area contributed by atoms with Gasteiger partial charge in [0.15, 0.2) is 11.6 Å². The van der Waals surface area contributed by atoms with Crippen LogP contribution < -0.4 is 10.6 Å². The maximum absolute atomic E-state index is 13.8. The lowest BCUT2D eigenvalue weighted by Gasteiger charge is -2.13. The number of alkyl halides is 3. The Balaban J connectivity index is 1.10. The van der Waals surface area contributed by atoms with Gasteiger partial charge in [-0.05, 0) is 59.7 Å². The van der Waals surface area contributed by atoms with Crippen molar-refractivity contribution in [2.75, 3.05) is 10.6 Å². The van der Waals surface area contributed by atoms with Crippen molar-refractivity contribution in [3.8, 4) is 11.3 Å². The van der Waals surface area contributed by atoms with Crippen LogP contribution >= 0.6 is 0 Å². The molecular formula is C39H27F3N6O4. The topological polar surface area (TPSA) is 120 Å². The van der Waals surface area contributed by atoms with Gasteiger partial charge in [0.2, 0.25) is 0 Å². The van der Waals surface area contributed by atoms with E-state index in [4.69, 9.17) is 13.9 Å². The molecule has 13 heteroatoms. The minimum absolute atomic E-state index is 0.00977. The lowest BCUT2D eigenvalue weighted by atomic mass is 10.1. The van der Waals surface area contributed by atoms with E-state index in [9.17, 15) is 22.8 Å². The molecule has 0 unspecified atom stereocenters. The third-order valence-electron chi connectivity index (χ3n) is 8.62. The Kier molecular flexibility index (Phi) is 8.14. The third kappa shape index (κ3) is 6.31. The maximum Gasteiger partial charge on any atom is 0.416 e. The van der Waals surface area contributed by atoms with Crippen LogP contribution in [0.1, 0.15) is 37.4 Å². The average molecular weight is 701 g/mol. The second-order valence-electron chi connectivity index (χ2n) is 12.0. The quantitative estimate of drug-likeness (QED) is 0.155. The largest absolute Gasteiger partial charge is 0.472 e. The van der Waals surface area contributed by atoms with Gasteiger partial charge in [0.25, 0.3) is 11.8 Å². The van der Waals surface area contributed by atoms with Gasteiger partial charge in [-0.3, -0.25) is 19.0 Å². The standard InChI is InChI=1S/C39H27F3N6O4/c40-39(41,42)31-12-6-4-10-26(31)21-48-33-15-14-25(18-30(33)36(46-48)44-37(49)27-16-17-51-22-27)34-19-28(23-52-34)38(50)43-35-29-11-5-7-13-32(29)47(45-35)20-24-8-2-1-3-9-24/h1-19,22-23H,20-21H2,(H,43,45,50)(H,44,46,49). The van der Waals surface area contributed by atoms with E-state index >= 15 is 0 Å². The van der Waals surface area contributed by atoms with Crippen LogP contribution in [0, 0.1) is 0 Å². The van der Waals surface area contributed by atoms with Gasteiger partial charge in [-0.2, -0.15) is 23.4 Å². The second kappa shape index (κ2) is 13.1. The number of fused-ring (bicyclic) bond motifs is 2. The van der Waals surface area contributed by atoms with Gasteiger partial charge >= 0.3 is 6.18 Å². The Morgan fingerprint density at radius 3 is 2.12 bits per heavy atom. The van der Waals surface area contributed by atoms with Gasteiger partial charge in [0.05, 0.1) is 47.1 Å². The summed E-state index contributed by atoms with van der Waals surface area (Å²) in [5.41, 5.74) is 2.63. The molecule has 52 heavy (non-hydrogen) atoms. The van der Waals surface area contributed by atoms with Crippen molar-refractivity contribution in [2.45, 2.75) is 19.3 Å². The highest BCUT2D eigenvalue weighted by molar-refractivity contribution is 6.09. The molecule has 0 saturated carbocycles. The summed E-state index contributed by atoms with van der Waals surface area (Å²) in [7, 11) is 0. The van der Waals surface area contributed by atoms with Crippen LogP contribution in [0.25, 0.3) is 33.1 Å². The van der Waals surface area contributed by atoms with Crippen LogP contribution in [-0.4, -0.2) is 31.4 Å². The lowest BCUT2D eigenvalue weighted by Crippen LogP contribution is -2.13. The van der Waals surface area contributed by atoms with E-state index in [2.05, 4.69) is 15.7 Å². The first-order valence-electron chi connectivity index (χ1n) is 16.1. The molecule has 0 aliphatic heterocycles. The number of benzene rings is 4. The molecule has 0 aliphatic rings. The van der Waals surface area contributed by atoms with Crippen molar-refractivity contribution < 1.29 is 31.6 Å². The normalized spacial score (nSPS) is 11.7. The Morgan fingerprint density at radius 1 is 0.673 bits per heavy atom. The minimum atomic E-state index is -4.57. The molecule has 8 aromatic rings. The first-order valence-corrected chi connectivity index (χ1v) is 16.1. The van der Waals surface area contributed by atoms with E-state index in [0.717, 1.165) is 22.5 Å². The highest BCUT2D eigenvalue weighted by Crippen LogP contribution is 2.35. The first kappa shape index (κ1) is 32.3. The number of furan rings is 2. The second-order valence-corrected chi connectivity index (χ2v) is 12.0. The Hall–Kier alpha value is -6.89. The lowest BCUT2D eigenvalue weighted by molar-refractivity contribution is -0.138. The number of halogens is 3. The van der Waals surface area contributed by atoms with Crippen LogP contribution in [0.15, 0.2) is 137 Å². The summed E-state index contributed by atoms with van der Waals surface area (Å²) < 4.78 is 55.6. The molecule has 0 fully saturated rings. The van der Waals surface area contributed by atoms with E-state index in [1.807, 2.05) is 59.3 Å². The number of nitrogens with one attached hydrogen (secondary N) is 2. The minimum Gasteiger partial charge on any atom is -0.472 e. The van der Waals surface area contributed by atoms with Gasteiger partial charge in [-0.1, -0.05) is 60.7 Å². The van der Waals surface area contributed by atoms with Crippen LogP contribution in [0.4, 0.5) is 24.8 Å². The van der Waals surface area contributed by atoms with Crippen molar-refractivity contribution in [3.63, 3.8) is 0 Å². The molecular weight excluding hydrogens is 673 g/mol. The Morgan fingerprint density at radius 2 is 1.35 bits per heavy atom. The van der Waals surface area contributed by atoms with Gasteiger partial charge in [0, 0.05) is 16.3 Å². The van der Waals surface area contributed by atoms with Crippen molar-refractivity contribution >= 4 is 45.3 Å². The smallest absolute Gasteiger partial charge is 0.416 e.